The molecule has 0 radical (unpaired) electrons. The predicted octanol–water partition coefficient (Wildman–Crippen LogP) is 2.60. The average Bonchev–Trinajstić information content (AvgIpc) is 2.55. The van der Waals surface area contributed by atoms with Gasteiger partial charge in [0.25, 0.3) is 0 Å². The van der Waals surface area contributed by atoms with E-state index in [0.29, 0.717) is 11.3 Å². The molecule has 0 heterocycles. The fourth-order valence-electron chi connectivity index (χ4n) is 2.20. The number of hydrogen-bond acceptors (Lipinski definition) is 4. The SMILES string of the molecule is C#Cc1cc(NC(O)c2cccc(S(=O)(=O)NC(C)C)c2)ccc1F. The average molecular weight is 362 g/mol. The lowest BCUT2D eigenvalue weighted by molar-refractivity contribution is 0.208. The van der Waals surface area contributed by atoms with Gasteiger partial charge in [-0.1, -0.05) is 18.1 Å². The van der Waals surface area contributed by atoms with E-state index in [1.165, 1.54) is 36.4 Å². The molecule has 2 aromatic carbocycles. The molecule has 0 amide bonds. The second-order valence-corrected chi connectivity index (χ2v) is 7.45. The summed E-state index contributed by atoms with van der Waals surface area (Å²) in [6.07, 6.45) is 4.03. The van der Waals surface area contributed by atoms with Gasteiger partial charge in [0.2, 0.25) is 10.0 Å². The van der Waals surface area contributed by atoms with Crippen molar-refractivity contribution in [1.29, 1.82) is 0 Å². The van der Waals surface area contributed by atoms with Crippen molar-refractivity contribution in [2.45, 2.75) is 31.0 Å². The van der Waals surface area contributed by atoms with E-state index in [1.807, 2.05) is 0 Å². The van der Waals surface area contributed by atoms with Crippen molar-refractivity contribution in [2.24, 2.45) is 0 Å². The summed E-state index contributed by atoms with van der Waals surface area (Å²) in [5.41, 5.74) is 0.822. The van der Waals surface area contributed by atoms with Crippen LogP contribution in [0, 0.1) is 18.2 Å². The van der Waals surface area contributed by atoms with Crippen molar-refractivity contribution >= 4 is 15.7 Å². The van der Waals surface area contributed by atoms with E-state index >= 15 is 0 Å². The zero-order valence-corrected chi connectivity index (χ0v) is 14.6. The molecule has 0 spiro atoms. The summed E-state index contributed by atoms with van der Waals surface area (Å²) in [5.74, 6) is 1.68. The number of anilines is 1. The molecule has 0 aliphatic carbocycles. The smallest absolute Gasteiger partial charge is 0.240 e. The summed E-state index contributed by atoms with van der Waals surface area (Å²) in [5, 5.41) is 13.1. The summed E-state index contributed by atoms with van der Waals surface area (Å²) >= 11 is 0. The van der Waals surface area contributed by atoms with Crippen LogP contribution in [0.4, 0.5) is 10.1 Å². The fraction of sp³-hybridized carbons (Fsp3) is 0.222. The van der Waals surface area contributed by atoms with Crippen LogP contribution in [0.5, 0.6) is 0 Å². The lowest BCUT2D eigenvalue weighted by atomic mass is 10.1. The fourth-order valence-corrected chi connectivity index (χ4v) is 3.50. The van der Waals surface area contributed by atoms with Crippen molar-refractivity contribution in [1.82, 2.24) is 4.72 Å². The number of rotatable bonds is 6. The van der Waals surface area contributed by atoms with Gasteiger partial charge in [-0.25, -0.2) is 17.5 Å². The van der Waals surface area contributed by atoms with Crippen LogP contribution in [0.3, 0.4) is 0 Å². The van der Waals surface area contributed by atoms with Crippen molar-refractivity contribution in [3.8, 4) is 12.3 Å². The number of nitrogens with one attached hydrogen (secondary N) is 2. The molecule has 0 aromatic heterocycles. The first-order valence-electron chi connectivity index (χ1n) is 7.56. The molecule has 3 N–H and O–H groups in total. The third-order valence-electron chi connectivity index (χ3n) is 3.30. The highest BCUT2D eigenvalue weighted by Crippen LogP contribution is 2.22. The minimum absolute atomic E-state index is 0.0444. The molecular weight excluding hydrogens is 343 g/mol. The second-order valence-electron chi connectivity index (χ2n) is 5.73. The molecule has 132 valence electrons. The minimum atomic E-state index is -3.67. The number of aliphatic hydroxyl groups is 1. The Morgan fingerprint density at radius 3 is 2.56 bits per heavy atom. The molecule has 0 saturated heterocycles. The van der Waals surface area contributed by atoms with Gasteiger partial charge in [0.1, 0.15) is 5.82 Å². The van der Waals surface area contributed by atoms with Crippen LogP contribution in [-0.2, 0) is 10.0 Å². The summed E-state index contributed by atoms with van der Waals surface area (Å²) in [4.78, 5) is 0.0444. The second kappa shape index (κ2) is 7.66. The van der Waals surface area contributed by atoms with E-state index in [1.54, 1.807) is 19.9 Å². The number of benzene rings is 2. The zero-order valence-electron chi connectivity index (χ0n) is 13.8. The molecule has 1 atom stereocenters. The van der Waals surface area contributed by atoms with Crippen LogP contribution in [0.25, 0.3) is 0 Å². The maximum absolute atomic E-state index is 13.4. The number of aliphatic hydroxyl groups excluding tert-OH is 1. The van der Waals surface area contributed by atoms with Crippen molar-refractivity contribution < 1.29 is 17.9 Å². The Hall–Kier alpha value is -2.40. The molecule has 0 saturated carbocycles. The summed E-state index contributed by atoms with van der Waals surface area (Å²) in [6, 6.07) is 9.68. The van der Waals surface area contributed by atoms with E-state index in [2.05, 4.69) is 16.0 Å². The van der Waals surface area contributed by atoms with E-state index in [-0.39, 0.29) is 16.5 Å². The molecule has 0 fully saturated rings. The van der Waals surface area contributed by atoms with Gasteiger partial charge in [0.05, 0.1) is 10.5 Å². The first-order valence-corrected chi connectivity index (χ1v) is 9.04. The van der Waals surface area contributed by atoms with E-state index < -0.39 is 22.1 Å². The van der Waals surface area contributed by atoms with Gasteiger partial charge in [0.15, 0.2) is 6.23 Å². The summed E-state index contributed by atoms with van der Waals surface area (Å²) in [6.45, 7) is 3.44. The standard InChI is InChI=1S/C18H19FN2O3S/c1-4-13-10-15(8-9-17(13)19)20-18(22)14-6-5-7-16(11-14)25(23,24)21-12(2)3/h1,5-12,18,20-22H,2-3H3. The highest BCUT2D eigenvalue weighted by Gasteiger charge is 2.17. The van der Waals surface area contributed by atoms with Gasteiger partial charge in [-0.15, -0.1) is 6.42 Å². The number of halogens is 1. The minimum Gasteiger partial charge on any atom is -0.369 e. The zero-order chi connectivity index (χ0) is 18.6. The van der Waals surface area contributed by atoms with E-state index in [4.69, 9.17) is 6.42 Å². The third kappa shape index (κ3) is 4.79. The molecule has 7 heteroatoms. The molecule has 5 nitrogen and oxygen atoms in total. The van der Waals surface area contributed by atoms with Crippen molar-refractivity contribution in [3.63, 3.8) is 0 Å². The Labute approximate surface area is 146 Å². The third-order valence-corrected chi connectivity index (χ3v) is 4.96. The lowest BCUT2D eigenvalue weighted by Gasteiger charge is -2.16. The van der Waals surface area contributed by atoms with Gasteiger partial charge in [-0.2, -0.15) is 0 Å². The van der Waals surface area contributed by atoms with Gasteiger partial charge < -0.3 is 10.4 Å². The van der Waals surface area contributed by atoms with Crippen LogP contribution in [0.2, 0.25) is 0 Å². The van der Waals surface area contributed by atoms with Crippen molar-refractivity contribution in [2.75, 3.05) is 5.32 Å². The first-order chi connectivity index (χ1) is 11.7. The van der Waals surface area contributed by atoms with E-state index in [0.717, 1.165) is 0 Å². The highest BCUT2D eigenvalue weighted by atomic mass is 32.2. The maximum atomic E-state index is 13.4. The number of terminal acetylenes is 1. The molecule has 0 aliphatic rings. The Bertz CT molecular complexity index is 905. The van der Waals surface area contributed by atoms with E-state index in [9.17, 15) is 17.9 Å². The van der Waals surface area contributed by atoms with Gasteiger partial charge in [-0.3, -0.25) is 0 Å². The van der Waals surface area contributed by atoms with Gasteiger partial charge in [0, 0.05) is 17.3 Å². The molecule has 2 aromatic rings. The van der Waals surface area contributed by atoms with Crippen LogP contribution >= 0.6 is 0 Å². The number of hydrogen-bond donors (Lipinski definition) is 3. The molecule has 0 aliphatic heterocycles. The first kappa shape index (κ1) is 18.9. The maximum Gasteiger partial charge on any atom is 0.240 e. The number of sulfonamides is 1. The monoisotopic (exact) mass is 362 g/mol. The Morgan fingerprint density at radius 2 is 1.92 bits per heavy atom. The molecular formula is C18H19FN2O3S. The van der Waals surface area contributed by atoms with Gasteiger partial charge in [-0.05, 0) is 44.2 Å². The molecule has 0 bridgehead atoms. The van der Waals surface area contributed by atoms with Crippen molar-refractivity contribution in [3.05, 3.63) is 59.4 Å². The van der Waals surface area contributed by atoms with Crippen LogP contribution < -0.4 is 10.0 Å². The topological polar surface area (TPSA) is 78.4 Å². The Kier molecular flexibility index (Phi) is 5.80. The largest absolute Gasteiger partial charge is 0.369 e. The van der Waals surface area contributed by atoms with Crippen LogP contribution in [0.15, 0.2) is 47.4 Å². The quantitative estimate of drug-likeness (QED) is 0.545. The summed E-state index contributed by atoms with van der Waals surface area (Å²) in [7, 11) is -3.67. The normalized spacial score (nSPS) is 12.6. The molecule has 1 unspecified atom stereocenters. The highest BCUT2D eigenvalue weighted by molar-refractivity contribution is 7.89. The van der Waals surface area contributed by atoms with Crippen LogP contribution in [-0.4, -0.2) is 19.6 Å². The van der Waals surface area contributed by atoms with Gasteiger partial charge >= 0.3 is 0 Å². The molecule has 2 rings (SSSR count). The Balaban J connectivity index is 2.25. The predicted molar refractivity (Wildman–Crippen MR) is 94.8 cm³/mol. The van der Waals surface area contributed by atoms with Crippen LogP contribution in [0.1, 0.15) is 31.2 Å². The summed E-state index contributed by atoms with van der Waals surface area (Å²) < 4.78 is 40.3. The Morgan fingerprint density at radius 1 is 1.20 bits per heavy atom. The lowest BCUT2D eigenvalue weighted by Crippen LogP contribution is -2.30. The molecule has 25 heavy (non-hydrogen) atoms.